The number of hydrogen-bond donors (Lipinski definition) is 0. The van der Waals surface area contributed by atoms with E-state index in [1.54, 1.807) is 23.2 Å². The molecule has 1 saturated heterocycles. The number of ether oxygens (including phenoxy) is 1. The van der Waals surface area contributed by atoms with Crippen LogP contribution in [0.4, 0.5) is 8.78 Å². The zero-order valence-corrected chi connectivity index (χ0v) is 16.4. The molecule has 0 N–H and O–H groups in total. The topological polar surface area (TPSA) is 50.6 Å². The smallest absolute Gasteiger partial charge is 0.274 e. The minimum atomic E-state index is -0.328. The van der Waals surface area contributed by atoms with Crippen molar-refractivity contribution < 1.29 is 18.3 Å². The summed E-state index contributed by atoms with van der Waals surface area (Å²) in [4.78, 5) is 16.7. The number of piperazine rings is 1. The third kappa shape index (κ3) is 5.01. The minimum Gasteiger partial charge on any atom is -0.471 e. The van der Waals surface area contributed by atoms with Crippen LogP contribution in [0.25, 0.3) is 0 Å². The second kappa shape index (κ2) is 9.04. The molecule has 3 aromatic rings. The molecule has 8 heteroatoms. The third-order valence-corrected chi connectivity index (χ3v) is 4.99. The van der Waals surface area contributed by atoms with Gasteiger partial charge in [-0.15, -0.1) is 0 Å². The van der Waals surface area contributed by atoms with E-state index in [-0.39, 0.29) is 24.3 Å². The van der Waals surface area contributed by atoms with Crippen LogP contribution in [-0.2, 0) is 13.3 Å². The van der Waals surface area contributed by atoms with Gasteiger partial charge in [-0.2, -0.15) is 5.10 Å². The molecular weight excluding hydrogens is 390 g/mol. The molecular formula is C22H22F2N4O2. The highest BCUT2D eigenvalue weighted by molar-refractivity contribution is 5.92. The molecule has 1 fully saturated rings. The van der Waals surface area contributed by atoms with Crippen LogP contribution < -0.4 is 4.74 Å². The first kappa shape index (κ1) is 20.0. The Bertz CT molecular complexity index is 998. The van der Waals surface area contributed by atoms with Gasteiger partial charge in [-0.25, -0.2) is 13.5 Å². The number of amides is 1. The zero-order chi connectivity index (χ0) is 20.9. The number of benzene rings is 2. The van der Waals surface area contributed by atoms with Crippen molar-refractivity contribution >= 4 is 5.91 Å². The summed E-state index contributed by atoms with van der Waals surface area (Å²) in [6.07, 6.45) is 1.68. The molecule has 0 spiro atoms. The Morgan fingerprint density at radius 3 is 2.47 bits per heavy atom. The van der Waals surface area contributed by atoms with Crippen LogP contribution in [0, 0.1) is 11.6 Å². The Morgan fingerprint density at radius 2 is 1.73 bits per heavy atom. The standard InChI is InChI=1S/C22H22F2N4O2/c23-18-4-6-20(7-5-18)30-16-28-9-8-21(25-28)22(29)27-12-10-26(11-13-27)15-17-2-1-3-19(24)14-17/h1-9,14H,10-13,15-16H2. The van der Waals surface area contributed by atoms with E-state index in [0.717, 1.165) is 18.7 Å². The van der Waals surface area contributed by atoms with Gasteiger partial charge in [-0.1, -0.05) is 12.1 Å². The van der Waals surface area contributed by atoms with Crippen molar-refractivity contribution in [3.63, 3.8) is 0 Å². The molecule has 156 valence electrons. The summed E-state index contributed by atoms with van der Waals surface area (Å²) in [7, 11) is 0. The summed E-state index contributed by atoms with van der Waals surface area (Å²) in [5.41, 5.74) is 1.28. The lowest BCUT2D eigenvalue weighted by Gasteiger charge is -2.34. The van der Waals surface area contributed by atoms with Crippen LogP contribution in [0.1, 0.15) is 16.1 Å². The van der Waals surface area contributed by atoms with Crippen LogP contribution in [0.3, 0.4) is 0 Å². The SMILES string of the molecule is O=C(c1ccn(COc2ccc(F)cc2)n1)N1CCN(Cc2cccc(F)c2)CC1. The first-order valence-electron chi connectivity index (χ1n) is 9.75. The van der Waals surface area contributed by atoms with Gasteiger partial charge in [0.05, 0.1) is 0 Å². The van der Waals surface area contributed by atoms with Crippen molar-refractivity contribution in [2.75, 3.05) is 26.2 Å². The molecule has 4 rings (SSSR count). The maximum absolute atomic E-state index is 13.3. The summed E-state index contributed by atoms with van der Waals surface area (Å²) in [6, 6.07) is 14.0. The maximum atomic E-state index is 13.3. The van der Waals surface area contributed by atoms with Crippen molar-refractivity contribution in [2.24, 2.45) is 0 Å². The first-order valence-corrected chi connectivity index (χ1v) is 9.75. The van der Waals surface area contributed by atoms with E-state index in [9.17, 15) is 13.6 Å². The fraction of sp³-hybridized carbons (Fsp3) is 0.273. The normalized spacial score (nSPS) is 14.7. The fourth-order valence-electron chi connectivity index (χ4n) is 3.38. The van der Waals surface area contributed by atoms with Crippen molar-refractivity contribution in [3.8, 4) is 5.75 Å². The molecule has 1 aliphatic heterocycles. The van der Waals surface area contributed by atoms with Gasteiger partial charge in [-0.3, -0.25) is 9.69 Å². The Morgan fingerprint density at radius 1 is 0.967 bits per heavy atom. The monoisotopic (exact) mass is 412 g/mol. The lowest BCUT2D eigenvalue weighted by molar-refractivity contribution is 0.0620. The van der Waals surface area contributed by atoms with E-state index in [1.807, 2.05) is 6.07 Å². The summed E-state index contributed by atoms with van der Waals surface area (Å²) < 4.78 is 33.3. The van der Waals surface area contributed by atoms with E-state index >= 15 is 0 Å². The van der Waals surface area contributed by atoms with Gasteiger partial charge < -0.3 is 9.64 Å². The van der Waals surface area contributed by atoms with E-state index in [4.69, 9.17) is 4.74 Å². The quantitative estimate of drug-likeness (QED) is 0.624. The molecule has 0 atom stereocenters. The van der Waals surface area contributed by atoms with Crippen LogP contribution in [-0.4, -0.2) is 51.7 Å². The molecule has 0 aliphatic carbocycles. The molecule has 0 saturated carbocycles. The van der Waals surface area contributed by atoms with Gasteiger partial charge >= 0.3 is 0 Å². The molecule has 2 aromatic carbocycles. The average Bonchev–Trinajstić information content (AvgIpc) is 3.22. The fourth-order valence-corrected chi connectivity index (χ4v) is 3.38. The van der Waals surface area contributed by atoms with Crippen molar-refractivity contribution in [3.05, 3.63) is 83.7 Å². The lowest BCUT2D eigenvalue weighted by Crippen LogP contribution is -2.48. The van der Waals surface area contributed by atoms with Crippen molar-refractivity contribution in [2.45, 2.75) is 13.3 Å². The molecule has 0 radical (unpaired) electrons. The van der Waals surface area contributed by atoms with Gasteiger partial charge in [-0.05, 0) is 48.0 Å². The summed E-state index contributed by atoms with van der Waals surface area (Å²) in [5.74, 6) is -0.166. The van der Waals surface area contributed by atoms with E-state index in [1.165, 1.54) is 41.1 Å². The number of carbonyl (C=O) groups excluding carboxylic acids is 1. The van der Waals surface area contributed by atoms with Gasteiger partial charge in [0.2, 0.25) is 0 Å². The highest BCUT2D eigenvalue weighted by atomic mass is 19.1. The van der Waals surface area contributed by atoms with Crippen LogP contribution in [0.15, 0.2) is 60.8 Å². The maximum Gasteiger partial charge on any atom is 0.274 e. The number of carbonyl (C=O) groups is 1. The largest absolute Gasteiger partial charge is 0.471 e. The second-order valence-corrected chi connectivity index (χ2v) is 7.17. The zero-order valence-electron chi connectivity index (χ0n) is 16.4. The number of nitrogens with zero attached hydrogens (tertiary/aromatic N) is 4. The van der Waals surface area contributed by atoms with Gasteiger partial charge in [0.15, 0.2) is 12.4 Å². The average molecular weight is 412 g/mol. The van der Waals surface area contributed by atoms with E-state index < -0.39 is 0 Å². The van der Waals surface area contributed by atoms with E-state index in [2.05, 4.69) is 10.00 Å². The molecule has 6 nitrogen and oxygen atoms in total. The van der Waals surface area contributed by atoms with Gasteiger partial charge in [0.25, 0.3) is 5.91 Å². The molecule has 1 aliphatic rings. The molecule has 0 unspecified atom stereocenters. The summed E-state index contributed by atoms with van der Waals surface area (Å²) in [6.45, 7) is 3.41. The Labute approximate surface area is 173 Å². The number of rotatable bonds is 6. The van der Waals surface area contributed by atoms with Crippen molar-refractivity contribution in [1.29, 1.82) is 0 Å². The first-order chi connectivity index (χ1) is 14.6. The molecule has 1 aromatic heterocycles. The van der Waals surface area contributed by atoms with Crippen LogP contribution in [0.5, 0.6) is 5.75 Å². The highest BCUT2D eigenvalue weighted by Gasteiger charge is 2.23. The van der Waals surface area contributed by atoms with Crippen molar-refractivity contribution in [1.82, 2.24) is 19.6 Å². The summed E-state index contributed by atoms with van der Waals surface area (Å²) >= 11 is 0. The third-order valence-electron chi connectivity index (χ3n) is 4.99. The Hall–Kier alpha value is -3.26. The molecule has 1 amide bonds. The van der Waals surface area contributed by atoms with E-state index in [0.29, 0.717) is 31.1 Å². The van der Waals surface area contributed by atoms with Crippen LogP contribution >= 0.6 is 0 Å². The van der Waals surface area contributed by atoms with Crippen LogP contribution in [0.2, 0.25) is 0 Å². The Balaban J connectivity index is 1.27. The number of aromatic nitrogens is 2. The second-order valence-electron chi connectivity index (χ2n) is 7.17. The molecule has 2 heterocycles. The Kier molecular flexibility index (Phi) is 6.04. The van der Waals surface area contributed by atoms with Gasteiger partial charge in [0, 0.05) is 38.9 Å². The molecule has 0 bridgehead atoms. The van der Waals surface area contributed by atoms with Gasteiger partial charge in [0.1, 0.15) is 17.4 Å². The highest BCUT2D eigenvalue weighted by Crippen LogP contribution is 2.13. The number of halogens is 2. The predicted molar refractivity (Wildman–Crippen MR) is 107 cm³/mol. The molecule has 30 heavy (non-hydrogen) atoms. The minimum absolute atomic E-state index is 0.124. The predicted octanol–water partition coefficient (Wildman–Crippen LogP) is 3.16. The number of hydrogen-bond acceptors (Lipinski definition) is 4. The summed E-state index contributed by atoms with van der Waals surface area (Å²) in [5, 5.41) is 4.29. The lowest BCUT2D eigenvalue weighted by atomic mass is 10.2.